The number of carbonyl (C=O) groups excluding carboxylic acids is 1. The molecule has 18 heavy (non-hydrogen) atoms. The summed E-state index contributed by atoms with van der Waals surface area (Å²) in [5, 5.41) is 0. The molecule has 5 heteroatoms. The van der Waals surface area contributed by atoms with Crippen LogP contribution in [0.3, 0.4) is 0 Å². The van der Waals surface area contributed by atoms with Crippen molar-refractivity contribution in [3.8, 4) is 0 Å². The molecule has 2 saturated heterocycles. The van der Waals surface area contributed by atoms with Gasteiger partial charge in [-0.3, -0.25) is 4.79 Å². The molecule has 1 atom stereocenters. The van der Waals surface area contributed by atoms with Gasteiger partial charge in [0.05, 0.1) is 0 Å². The largest absolute Gasteiger partial charge is 0.448 e. The average Bonchev–Trinajstić information content (AvgIpc) is 2.43. The van der Waals surface area contributed by atoms with Gasteiger partial charge in [-0.15, -0.1) is 0 Å². The smallest absolute Gasteiger partial charge is 0.307 e. The van der Waals surface area contributed by atoms with E-state index in [-0.39, 0.29) is 12.2 Å². The molecule has 0 N–H and O–H groups in total. The third-order valence-electron chi connectivity index (χ3n) is 4.54. The van der Waals surface area contributed by atoms with Crippen LogP contribution in [0.25, 0.3) is 0 Å². The van der Waals surface area contributed by atoms with Crippen LogP contribution in [0, 0.1) is 0 Å². The SMILES string of the molecule is C[Si]1(C)CC[Si](C)(C)N1C1CCCCCC(=O)O1. The van der Waals surface area contributed by atoms with Crippen LogP contribution in [0.4, 0.5) is 0 Å². The second kappa shape index (κ2) is 5.09. The molecule has 2 aliphatic rings. The van der Waals surface area contributed by atoms with Gasteiger partial charge in [0.2, 0.25) is 0 Å². The number of rotatable bonds is 1. The summed E-state index contributed by atoms with van der Waals surface area (Å²) >= 11 is 0. The Morgan fingerprint density at radius 3 is 2.28 bits per heavy atom. The Hall–Kier alpha value is -0.136. The molecule has 2 fully saturated rings. The van der Waals surface area contributed by atoms with Crippen molar-refractivity contribution < 1.29 is 9.53 Å². The maximum atomic E-state index is 11.8. The number of hydrogen-bond donors (Lipinski definition) is 0. The van der Waals surface area contributed by atoms with E-state index in [4.69, 9.17) is 4.74 Å². The van der Waals surface area contributed by atoms with Gasteiger partial charge in [0.25, 0.3) is 0 Å². The monoisotopic (exact) mass is 285 g/mol. The van der Waals surface area contributed by atoms with Gasteiger partial charge in [-0.25, -0.2) is 0 Å². The van der Waals surface area contributed by atoms with Crippen LogP contribution in [0.5, 0.6) is 0 Å². The van der Waals surface area contributed by atoms with Gasteiger partial charge in [-0.1, -0.05) is 32.6 Å². The zero-order valence-electron chi connectivity index (χ0n) is 12.3. The van der Waals surface area contributed by atoms with Crippen LogP contribution < -0.4 is 0 Å². The number of cyclic esters (lactones) is 1. The van der Waals surface area contributed by atoms with Crippen LogP contribution in [-0.4, -0.2) is 32.9 Å². The fourth-order valence-electron chi connectivity index (χ4n) is 3.67. The van der Waals surface area contributed by atoms with E-state index in [1.165, 1.54) is 24.9 Å². The minimum Gasteiger partial charge on any atom is -0.448 e. The molecule has 2 heterocycles. The molecule has 2 rings (SSSR count). The van der Waals surface area contributed by atoms with Gasteiger partial charge in [-0.05, 0) is 31.4 Å². The lowest BCUT2D eigenvalue weighted by Gasteiger charge is -2.44. The van der Waals surface area contributed by atoms with Crippen molar-refractivity contribution in [1.82, 2.24) is 4.23 Å². The van der Waals surface area contributed by atoms with Crippen molar-refractivity contribution in [3.05, 3.63) is 0 Å². The highest BCUT2D eigenvalue weighted by Crippen LogP contribution is 2.40. The fourth-order valence-corrected chi connectivity index (χ4v) is 18.2. The van der Waals surface area contributed by atoms with Crippen molar-refractivity contribution in [2.75, 3.05) is 0 Å². The predicted molar refractivity (Wildman–Crippen MR) is 79.4 cm³/mol. The summed E-state index contributed by atoms with van der Waals surface area (Å²) in [6.07, 6.45) is 5.18. The maximum absolute atomic E-state index is 11.8. The van der Waals surface area contributed by atoms with E-state index in [9.17, 15) is 4.79 Å². The first-order valence-corrected chi connectivity index (χ1v) is 13.6. The van der Waals surface area contributed by atoms with E-state index in [1.54, 1.807) is 0 Å². The van der Waals surface area contributed by atoms with Crippen molar-refractivity contribution in [2.45, 2.75) is 76.6 Å². The first-order chi connectivity index (χ1) is 8.33. The molecule has 0 aromatic rings. The zero-order chi connectivity index (χ0) is 13.4. The molecule has 0 aromatic heterocycles. The van der Waals surface area contributed by atoms with Gasteiger partial charge >= 0.3 is 5.97 Å². The Morgan fingerprint density at radius 1 is 1.06 bits per heavy atom. The number of esters is 1. The highest BCUT2D eigenvalue weighted by molar-refractivity contribution is 6.95. The Bertz CT molecular complexity index is 315. The molecule has 0 radical (unpaired) electrons. The normalized spacial score (nSPS) is 32.7. The summed E-state index contributed by atoms with van der Waals surface area (Å²) in [6, 6.07) is 2.75. The van der Waals surface area contributed by atoms with Gasteiger partial charge in [0.15, 0.2) is 0 Å². The quantitative estimate of drug-likeness (QED) is 0.545. The lowest BCUT2D eigenvalue weighted by molar-refractivity contribution is -0.154. The molecule has 0 aliphatic carbocycles. The third-order valence-corrected chi connectivity index (χ3v) is 14.8. The first kappa shape index (κ1) is 14.3. The minimum absolute atomic E-state index is 0.0289. The summed E-state index contributed by atoms with van der Waals surface area (Å²) in [5.41, 5.74) is 0. The standard InChI is InChI=1S/C13H27NO2Si2/c1-17(2)10-11-18(3,4)14(17)12-8-6-5-7-9-13(15)16-12/h12H,5-11H2,1-4H3. The van der Waals surface area contributed by atoms with E-state index < -0.39 is 16.5 Å². The van der Waals surface area contributed by atoms with Crippen molar-refractivity contribution in [3.63, 3.8) is 0 Å². The number of nitrogens with zero attached hydrogens (tertiary/aromatic N) is 1. The lowest BCUT2D eigenvalue weighted by Crippen LogP contribution is -2.60. The highest BCUT2D eigenvalue weighted by atomic mass is 28.4. The molecule has 1 unspecified atom stereocenters. The predicted octanol–water partition coefficient (Wildman–Crippen LogP) is 3.55. The molecular formula is C13H27NO2Si2. The first-order valence-electron chi connectivity index (χ1n) is 7.32. The van der Waals surface area contributed by atoms with E-state index in [2.05, 4.69) is 30.4 Å². The molecule has 0 spiro atoms. The molecular weight excluding hydrogens is 258 g/mol. The lowest BCUT2D eigenvalue weighted by atomic mass is 10.1. The minimum atomic E-state index is -1.34. The Labute approximate surface area is 113 Å². The van der Waals surface area contributed by atoms with Crippen LogP contribution in [0.2, 0.25) is 38.3 Å². The second-order valence-electron chi connectivity index (χ2n) is 7.04. The highest BCUT2D eigenvalue weighted by Gasteiger charge is 2.51. The molecule has 2 aliphatic heterocycles. The van der Waals surface area contributed by atoms with E-state index in [1.807, 2.05) is 0 Å². The van der Waals surface area contributed by atoms with Gasteiger partial charge in [-0.2, -0.15) is 0 Å². The third kappa shape index (κ3) is 2.88. The molecule has 3 nitrogen and oxygen atoms in total. The Morgan fingerprint density at radius 2 is 1.67 bits per heavy atom. The Kier molecular flexibility index (Phi) is 4.04. The fraction of sp³-hybridized carbons (Fsp3) is 0.923. The van der Waals surface area contributed by atoms with Crippen molar-refractivity contribution >= 4 is 22.4 Å². The summed E-state index contributed by atoms with van der Waals surface area (Å²) in [5.74, 6) is 0.0289. The molecule has 0 amide bonds. The molecule has 0 bridgehead atoms. The summed E-state index contributed by atoms with van der Waals surface area (Å²) < 4.78 is 8.53. The van der Waals surface area contributed by atoms with Gasteiger partial charge < -0.3 is 8.97 Å². The van der Waals surface area contributed by atoms with E-state index in [0.717, 1.165) is 12.8 Å². The summed E-state index contributed by atoms with van der Waals surface area (Å²) in [6.45, 7) is 9.78. The number of hydrogen-bond acceptors (Lipinski definition) is 3. The molecule has 0 aromatic carbocycles. The van der Waals surface area contributed by atoms with E-state index in [0.29, 0.717) is 6.42 Å². The van der Waals surface area contributed by atoms with Gasteiger partial charge in [0, 0.05) is 6.42 Å². The van der Waals surface area contributed by atoms with Gasteiger partial charge in [0.1, 0.15) is 22.7 Å². The number of ether oxygens (including phenoxy) is 1. The van der Waals surface area contributed by atoms with Crippen LogP contribution in [0.15, 0.2) is 0 Å². The van der Waals surface area contributed by atoms with Crippen molar-refractivity contribution in [1.29, 1.82) is 0 Å². The molecule has 104 valence electrons. The van der Waals surface area contributed by atoms with Crippen LogP contribution in [0.1, 0.15) is 32.1 Å². The number of carbonyl (C=O) groups is 1. The summed E-state index contributed by atoms with van der Waals surface area (Å²) in [4.78, 5) is 11.8. The Balaban J connectivity index is 2.18. The topological polar surface area (TPSA) is 29.5 Å². The molecule has 0 saturated carbocycles. The average molecular weight is 286 g/mol. The summed E-state index contributed by atoms with van der Waals surface area (Å²) in [7, 11) is -2.69. The van der Waals surface area contributed by atoms with Crippen LogP contribution >= 0.6 is 0 Å². The zero-order valence-corrected chi connectivity index (χ0v) is 14.3. The second-order valence-corrected chi connectivity index (χ2v) is 16.7. The van der Waals surface area contributed by atoms with Crippen molar-refractivity contribution in [2.24, 2.45) is 0 Å². The van der Waals surface area contributed by atoms with E-state index >= 15 is 0 Å². The maximum Gasteiger partial charge on any atom is 0.307 e. The van der Waals surface area contributed by atoms with Crippen LogP contribution in [-0.2, 0) is 9.53 Å².